The Kier molecular flexibility index (Phi) is 6.18. The largest absolute Gasteiger partial charge is 0.325 e. The van der Waals surface area contributed by atoms with Crippen molar-refractivity contribution in [1.29, 1.82) is 0 Å². The highest BCUT2D eigenvalue weighted by atomic mass is 35.5. The lowest BCUT2D eigenvalue weighted by Crippen LogP contribution is -2.16. The van der Waals surface area contributed by atoms with E-state index in [-0.39, 0.29) is 11.7 Å². The molecule has 2 aromatic carbocycles. The van der Waals surface area contributed by atoms with Crippen molar-refractivity contribution in [3.8, 4) is 0 Å². The third-order valence-corrected chi connectivity index (χ3v) is 5.26. The number of hydrogen-bond acceptors (Lipinski definition) is 2. The Morgan fingerprint density at radius 2 is 1.77 bits per heavy atom. The summed E-state index contributed by atoms with van der Waals surface area (Å²) in [6.45, 7) is 4.07. The van der Waals surface area contributed by atoms with Crippen LogP contribution in [0, 0.1) is 6.92 Å². The molecule has 1 amide bonds. The molecule has 0 aromatic heterocycles. The fraction of sp³-hybridized carbons (Fsp3) is 0.235. The normalized spacial score (nSPS) is 10.5. The number of hydrogen-bond donors (Lipinski definition) is 1. The van der Waals surface area contributed by atoms with E-state index in [1.165, 1.54) is 11.8 Å². The molecule has 0 aliphatic heterocycles. The summed E-state index contributed by atoms with van der Waals surface area (Å²) in [6, 6.07) is 11.3. The van der Waals surface area contributed by atoms with Gasteiger partial charge in [-0.15, -0.1) is 11.8 Å². The Balaban J connectivity index is 2.05. The predicted molar refractivity (Wildman–Crippen MR) is 96.4 cm³/mol. The molecule has 0 fully saturated rings. The summed E-state index contributed by atoms with van der Waals surface area (Å²) >= 11 is 13.6. The van der Waals surface area contributed by atoms with E-state index in [1.54, 1.807) is 18.2 Å². The van der Waals surface area contributed by atoms with Crippen LogP contribution in [0.4, 0.5) is 5.69 Å². The number of thioether (sulfide) groups is 1. The van der Waals surface area contributed by atoms with Crippen LogP contribution in [0.25, 0.3) is 0 Å². The number of halogens is 2. The summed E-state index contributed by atoms with van der Waals surface area (Å²) in [5.41, 5.74) is 3.10. The summed E-state index contributed by atoms with van der Waals surface area (Å²) in [6.07, 6.45) is 0.876. The second kappa shape index (κ2) is 7.91. The second-order valence-corrected chi connectivity index (χ2v) is 6.65. The van der Waals surface area contributed by atoms with Crippen molar-refractivity contribution in [2.45, 2.75) is 25.2 Å². The van der Waals surface area contributed by atoms with Crippen LogP contribution < -0.4 is 5.32 Å². The quantitative estimate of drug-likeness (QED) is 0.709. The fourth-order valence-electron chi connectivity index (χ4n) is 2.14. The standard InChI is InChI=1S/C17H17Cl2NOS/c1-3-12-7-4-6-11(2)16(12)20-15(21)10-22-17-13(18)8-5-9-14(17)19/h4-9H,3,10H2,1-2H3,(H,20,21). The van der Waals surface area contributed by atoms with Crippen LogP contribution in [-0.2, 0) is 11.2 Å². The number of nitrogens with one attached hydrogen (secondary N) is 1. The van der Waals surface area contributed by atoms with Gasteiger partial charge in [0.1, 0.15) is 0 Å². The van der Waals surface area contributed by atoms with Gasteiger partial charge >= 0.3 is 0 Å². The van der Waals surface area contributed by atoms with Gasteiger partial charge in [0.15, 0.2) is 0 Å². The topological polar surface area (TPSA) is 29.1 Å². The summed E-state index contributed by atoms with van der Waals surface area (Å²) in [5.74, 6) is 0.200. The maximum atomic E-state index is 12.2. The van der Waals surface area contributed by atoms with Gasteiger partial charge in [-0.05, 0) is 36.6 Å². The monoisotopic (exact) mass is 353 g/mol. The number of carbonyl (C=O) groups is 1. The van der Waals surface area contributed by atoms with E-state index in [9.17, 15) is 4.79 Å². The first-order chi connectivity index (χ1) is 10.5. The average molecular weight is 354 g/mol. The number of rotatable bonds is 5. The van der Waals surface area contributed by atoms with Gasteiger partial charge in [-0.2, -0.15) is 0 Å². The molecule has 116 valence electrons. The van der Waals surface area contributed by atoms with Crippen molar-refractivity contribution in [2.24, 2.45) is 0 Å². The van der Waals surface area contributed by atoms with Crippen molar-refractivity contribution < 1.29 is 4.79 Å². The minimum absolute atomic E-state index is 0.0648. The highest BCUT2D eigenvalue weighted by molar-refractivity contribution is 8.00. The first-order valence-electron chi connectivity index (χ1n) is 6.98. The van der Waals surface area contributed by atoms with E-state index in [0.717, 1.165) is 28.1 Å². The smallest absolute Gasteiger partial charge is 0.234 e. The summed E-state index contributed by atoms with van der Waals surface area (Å²) in [4.78, 5) is 12.9. The van der Waals surface area contributed by atoms with Crippen LogP contribution in [0.15, 0.2) is 41.3 Å². The molecule has 0 aliphatic rings. The first kappa shape index (κ1) is 17.2. The van der Waals surface area contributed by atoms with Gasteiger partial charge in [-0.3, -0.25) is 4.79 Å². The molecule has 22 heavy (non-hydrogen) atoms. The molecular weight excluding hydrogens is 337 g/mol. The van der Waals surface area contributed by atoms with Gasteiger partial charge < -0.3 is 5.32 Å². The van der Waals surface area contributed by atoms with E-state index in [1.807, 2.05) is 25.1 Å². The number of benzene rings is 2. The second-order valence-electron chi connectivity index (χ2n) is 4.85. The van der Waals surface area contributed by atoms with E-state index in [2.05, 4.69) is 12.2 Å². The maximum Gasteiger partial charge on any atom is 0.234 e. The summed E-state index contributed by atoms with van der Waals surface area (Å²) in [7, 11) is 0. The number of anilines is 1. The predicted octanol–water partition coefficient (Wildman–Crippen LogP) is 5.60. The number of amides is 1. The first-order valence-corrected chi connectivity index (χ1v) is 8.72. The van der Waals surface area contributed by atoms with Crippen LogP contribution in [0.3, 0.4) is 0 Å². The lowest BCUT2D eigenvalue weighted by atomic mass is 10.1. The van der Waals surface area contributed by atoms with Crippen LogP contribution in [0.5, 0.6) is 0 Å². The Morgan fingerprint density at radius 3 is 2.41 bits per heavy atom. The molecule has 0 saturated heterocycles. The van der Waals surface area contributed by atoms with Crippen LogP contribution in [-0.4, -0.2) is 11.7 Å². The van der Waals surface area contributed by atoms with Crippen LogP contribution in [0.2, 0.25) is 10.0 Å². The molecule has 2 nitrogen and oxygen atoms in total. The highest BCUT2D eigenvalue weighted by Gasteiger charge is 2.12. The Morgan fingerprint density at radius 1 is 1.14 bits per heavy atom. The van der Waals surface area contributed by atoms with Crippen molar-refractivity contribution in [2.75, 3.05) is 11.1 Å². The van der Waals surface area contributed by atoms with Gasteiger partial charge in [-0.25, -0.2) is 0 Å². The lowest BCUT2D eigenvalue weighted by Gasteiger charge is -2.13. The minimum atomic E-state index is -0.0648. The zero-order chi connectivity index (χ0) is 16.1. The van der Waals surface area contributed by atoms with Crippen molar-refractivity contribution >= 4 is 46.6 Å². The molecule has 0 radical (unpaired) electrons. The number of aryl methyl sites for hydroxylation is 2. The zero-order valence-electron chi connectivity index (χ0n) is 12.5. The van der Waals surface area contributed by atoms with Gasteiger partial charge in [0.05, 0.1) is 15.8 Å². The average Bonchev–Trinajstić information content (AvgIpc) is 2.49. The number of para-hydroxylation sites is 1. The molecule has 0 spiro atoms. The third-order valence-electron chi connectivity index (χ3n) is 3.27. The Bertz CT molecular complexity index is 668. The van der Waals surface area contributed by atoms with Crippen molar-refractivity contribution in [3.63, 3.8) is 0 Å². The van der Waals surface area contributed by atoms with Gasteiger partial charge in [0.2, 0.25) is 5.91 Å². The minimum Gasteiger partial charge on any atom is -0.325 e. The molecule has 0 saturated carbocycles. The molecule has 2 aromatic rings. The SMILES string of the molecule is CCc1cccc(C)c1NC(=O)CSc1c(Cl)cccc1Cl. The van der Waals surface area contributed by atoms with E-state index in [0.29, 0.717) is 10.0 Å². The van der Waals surface area contributed by atoms with E-state index < -0.39 is 0 Å². The van der Waals surface area contributed by atoms with E-state index >= 15 is 0 Å². The maximum absolute atomic E-state index is 12.2. The summed E-state index contributed by atoms with van der Waals surface area (Å²) < 4.78 is 0. The van der Waals surface area contributed by atoms with Crippen LogP contribution >= 0.6 is 35.0 Å². The highest BCUT2D eigenvalue weighted by Crippen LogP contribution is 2.34. The summed E-state index contributed by atoms with van der Waals surface area (Å²) in [5, 5.41) is 4.12. The fourth-order valence-corrected chi connectivity index (χ4v) is 3.62. The molecular formula is C17H17Cl2NOS. The van der Waals surface area contributed by atoms with Gasteiger partial charge in [-0.1, -0.05) is 54.4 Å². The molecule has 0 aliphatic carbocycles. The Hall–Kier alpha value is -1.16. The molecule has 2 rings (SSSR count). The van der Waals surface area contributed by atoms with Crippen LogP contribution in [0.1, 0.15) is 18.1 Å². The van der Waals surface area contributed by atoms with E-state index in [4.69, 9.17) is 23.2 Å². The molecule has 0 unspecified atom stereocenters. The van der Waals surface area contributed by atoms with Gasteiger partial charge in [0, 0.05) is 10.6 Å². The third kappa shape index (κ3) is 4.19. The number of carbonyl (C=O) groups excluding carboxylic acids is 1. The molecule has 0 atom stereocenters. The lowest BCUT2D eigenvalue weighted by molar-refractivity contribution is -0.113. The molecule has 0 bridgehead atoms. The Labute approximate surface area is 145 Å². The van der Waals surface area contributed by atoms with Crippen molar-refractivity contribution in [1.82, 2.24) is 0 Å². The zero-order valence-corrected chi connectivity index (χ0v) is 14.8. The molecule has 5 heteroatoms. The van der Waals surface area contributed by atoms with Crippen molar-refractivity contribution in [3.05, 3.63) is 57.6 Å². The molecule has 1 N–H and O–H groups in total. The van der Waals surface area contributed by atoms with Gasteiger partial charge in [0.25, 0.3) is 0 Å². The molecule has 0 heterocycles.